The predicted octanol–water partition coefficient (Wildman–Crippen LogP) is -0.498. The van der Waals surface area contributed by atoms with Crippen LogP contribution in [-0.2, 0) is 31.5 Å². The van der Waals surface area contributed by atoms with Crippen molar-refractivity contribution in [1.29, 1.82) is 0 Å². The summed E-state index contributed by atoms with van der Waals surface area (Å²) in [5, 5.41) is 16.0. The third kappa shape index (κ3) is 7.02. The van der Waals surface area contributed by atoms with Gasteiger partial charge in [-0.05, 0) is 0 Å². The SMILES string of the molecule is O=C(O)CCC(=O)C(=O)O.[Fe]. The molecule has 0 aliphatic carbocycles. The smallest absolute Gasteiger partial charge is 0.372 e. The zero-order chi connectivity index (χ0) is 8.15. The van der Waals surface area contributed by atoms with E-state index in [1.165, 1.54) is 0 Å². The molecule has 0 amide bonds. The molecule has 0 aromatic heterocycles. The number of carbonyl (C=O) groups is 3. The van der Waals surface area contributed by atoms with Crippen LogP contribution >= 0.6 is 0 Å². The molecule has 0 atom stereocenters. The molecule has 0 aromatic rings. The fourth-order valence-corrected chi connectivity index (χ4v) is 0.327. The van der Waals surface area contributed by atoms with Gasteiger partial charge in [0, 0.05) is 23.5 Å². The Labute approximate surface area is 72.9 Å². The van der Waals surface area contributed by atoms with Gasteiger partial charge >= 0.3 is 11.9 Å². The molecule has 0 bridgehead atoms. The number of carboxylic acid groups (broad SMARTS) is 2. The molecule has 0 unspecified atom stereocenters. The molecule has 0 aromatic carbocycles. The number of hydrogen-bond acceptors (Lipinski definition) is 3. The van der Waals surface area contributed by atoms with Gasteiger partial charge in [-0.3, -0.25) is 9.59 Å². The van der Waals surface area contributed by atoms with Gasteiger partial charge in [-0.1, -0.05) is 0 Å². The van der Waals surface area contributed by atoms with Crippen molar-refractivity contribution in [3.63, 3.8) is 0 Å². The maximum Gasteiger partial charge on any atom is 0.372 e. The summed E-state index contributed by atoms with van der Waals surface area (Å²) in [4.78, 5) is 29.7. The monoisotopic (exact) mass is 202 g/mol. The second-order valence-corrected chi connectivity index (χ2v) is 1.62. The van der Waals surface area contributed by atoms with Crippen LogP contribution in [0.4, 0.5) is 0 Å². The first-order valence-corrected chi connectivity index (χ1v) is 2.52. The molecular formula is C5H6FeO5. The largest absolute Gasteiger partial charge is 0.481 e. The van der Waals surface area contributed by atoms with E-state index in [9.17, 15) is 14.4 Å². The molecule has 11 heavy (non-hydrogen) atoms. The third-order valence-electron chi connectivity index (χ3n) is 0.804. The maximum atomic E-state index is 10.2. The summed E-state index contributed by atoms with van der Waals surface area (Å²) in [6.45, 7) is 0. The van der Waals surface area contributed by atoms with Crippen LogP contribution in [0.3, 0.4) is 0 Å². The molecule has 5 nitrogen and oxygen atoms in total. The molecule has 2 N–H and O–H groups in total. The predicted molar refractivity (Wildman–Crippen MR) is 29.5 cm³/mol. The van der Waals surface area contributed by atoms with Crippen molar-refractivity contribution in [3.8, 4) is 0 Å². The minimum absolute atomic E-state index is 0. The Bertz CT molecular complexity index is 176. The molecule has 0 saturated carbocycles. The molecule has 0 radical (unpaired) electrons. The quantitative estimate of drug-likeness (QED) is 0.473. The average molecular weight is 202 g/mol. The van der Waals surface area contributed by atoms with Crippen LogP contribution in [0.1, 0.15) is 12.8 Å². The summed E-state index contributed by atoms with van der Waals surface area (Å²) in [5.74, 6) is -3.82. The summed E-state index contributed by atoms with van der Waals surface area (Å²) in [6, 6.07) is 0. The van der Waals surface area contributed by atoms with E-state index >= 15 is 0 Å². The minimum Gasteiger partial charge on any atom is -0.481 e. The van der Waals surface area contributed by atoms with Crippen molar-refractivity contribution in [3.05, 3.63) is 0 Å². The molecule has 0 aliphatic heterocycles. The average Bonchev–Trinajstić information content (AvgIpc) is 1.82. The van der Waals surface area contributed by atoms with Crippen LogP contribution in [0.5, 0.6) is 0 Å². The number of rotatable bonds is 4. The van der Waals surface area contributed by atoms with Crippen LogP contribution in [0, 0.1) is 0 Å². The standard InChI is InChI=1S/C5H6O5.Fe/c6-3(5(9)10)1-2-4(7)8;/h1-2H2,(H,7,8)(H,9,10);. The summed E-state index contributed by atoms with van der Waals surface area (Å²) in [5.41, 5.74) is 0. The van der Waals surface area contributed by atoms with Crippen molar-refractivity contribution in [1.82, 2.24) is 0 Å². The first-order valence-electron chi connectivity index (χ1n) is 2.52. The Morgan fingerprint density at radius 3 is 1.73 bits per heavy atom. The fourth-order valence-electron chi connectivity index (χ4n) is 0.327. The van der Waals surface area contributed by atoms with E-state index in [-0.39, 0.29) is 17.1 Å². The van der Waals surface area contributed by atoms with Gasteiger partial charge < -0.3 is 10.2 Å². The summed E-state index contributed by atoms with van der Waals surface area (Å²) in [6.07, 6.45) is -0.865. The number of Topliss-reactive ketones (excluding diaryl/α,β-unsaturated/α-hetero) is 1. The van der Waals surface area contributed by atoms with Crippen LogP contribution < -0.4 is 0 Å². The Morgan fingerprint density at radius 1 is 1.00 bits per heavy atom. The molecule has 0 fully saturated rings. The zero-order valence-corrected chi connectivity index (χ0v) is 6.49. The summed E-state index contributed by atoms with van der Waals surface area (Å²) in [7, 11) is 0. The van der Waals surface area contributed by atoms with Gasteiger partial charge in [-0.2, -0.15) is 0 Å². The Balaban J connectivity index is 0. The molecule has 0 aliphatic rings. The van der Waals surface area contributed by atoms with E-state index in [1.54, 1.807) is 0 Å². The Morgan fingerprint density at radius 2 is 1.45 bits per heavy atom. The van der Waals surface area contributed by atoms with Crippen molar-refractivity contribution in [2.24, 2.45) is 0 Å². The van der Waals surface area contributed by atoms with Gasteiger partial charge in [0.15, 0.2) is 0 Å². The normalized spacial score (nSPS) is 8.00. The van der Waals surface area contributed by atoms with Crippen molar-refractivity contribution in [2.75, 3.05) is 0 Å². The molecule has 6 heteroatoms. The first-order chi connectivity index (χ1) is 4.54. The van der Waals surface area contributed by atoms with Crippen LogP contribution in [0.2, 0.25) is 0 Å². The van der Waals surface area contributed by atoms with Gasteiger partial charge in [0.05, 0.1) is 6.42 Å². The van der Waals surface area contributed by atoms with Crippen molar-refractivity contribution in [2.45, 2.75) is 12.8 Å². The number of carbonyl (C=O) groups excluding carboxylic acids is 1. The number of carboxylic acids is 2. The van der Waals surface area contributed by atoms with E-state index in [2.05, 4.69) is 0 Å². The van der Waals surface area contributed by atoms with Gasteiger partial charge in [-0.15, -0.1) is 0 Å². The fraction of sp³-hybridized carbons (Fsp3) is 0.400. The summed E-state index contributed by atoms with van der Waals surface area (Å²) < 4.78 is 0. The van der Waals surface area contributed by atoms with E-state index in [0.29, 0.717) is 0 Å². The molecule has 64 valence electrons. The second-order valence-electron chi connectivity index (χ2n) is 1.62. The number of aliphatic carboxylic acids is 2. The van der Waals surface area contributed by atoms with Crippen molar-refractivity contribution < 1.29 is 41.7 Å². The number of hydrogen-bond donors (Lipinski definition) is 2. The zero-order valence-electron chi connectivity index (χ0n) is 5.39. The maximum absolute atomic E-state index is 10.2. The topological polar surface area (TPSA) is 91.7 Å². The Kier molecular flexibility index (Phi) is 6.83. The van der Waals surface area contributed by atoms with Crippen LogP contribution in [0.25, 0.3) is 0 Å². The van der Waals surface area contributed by atoms with Gasteiger partial charge in [0.1, 0.15) is 0 Å². The molecular weight excluding hydrogens is 196 g/mol. The number of ketones is 1. The molecule has 0 rings (SSSR count). The van der Waals surface area contributed by atoms with E-state index in [0.717, 1.165) is 0 Å². The molecule has 0 spiro atoms. The Hall–Kier alpha value is -0.871. The van der Waals surface area contributed by atoms with E-state index in [4.69, 9.17) is 10.2 Å². The van der Waals surface area contributed by atoms with Gasteiger partial charge in [0.25, 0.3) is 0 Å². The van der Waals surface area contributed by atoms with Crippen LogP contribution in [-0.4, -0.2) is 27.9 Å². The van der Waals surface area contributed by atoms with E-state index < -0.39 is 30.6 Å². The first kappa shape index (κ1) is 12.8. The van der Waals surface area contributed by atoms with Crippen molar-refractivity contribution >= 4 is 17.7 Å². The molecule has 0 heterocycles. The summed E-state index contributed by atoms with van der Waals surface area (Å²) >= 11 is 0. The van der Waals surface area contributed by atoms with Crippen LogP contribution in [0.15, 0.2) is 0 Å². The second kappa shape index (κ2) is 5.88. The van der Waals surface area contributed by atoms with E-state index in [1.807, 2.05) is 0 Å². The van der Waals surface area contributed by atoms with Gasteiger partial charge in [-0.25, -0.2) is 4.79 Å². The minimum atomic E-state index is -1.58. The van der Waals surface area contributed by atoms with Gasteiger partial charge in [0.2, 0.25) is 5.78 Å². The third-order valence-corrected chi connectivity index (χ3v) is 0.804. The molecule has 0 saturated heterocycles.